The van der Waals surface area contributed by atoms with Gasteiger partial charge in [-0.05, 0) is 53.7 Å². The highest BCUT2D eigenvalue weighted by atomic mass is 16.3. The van der Waals surface area contributed by atoms with E-state index in [2.05, 4.69) is 6.58 Å². The lowest BCUT2D eigenvalue weighted by molar-refractivity contribution is 0.119. The van der Waals surface area contributed by atoms with Gasteiger partial charge in [-0.2, -0.15) is 0 Å². The van der Waals surface area contributed by atoms with Crippen molar-refractivity contribution in [3.8, 4) is 0 Å². The maximum absolute atomic E-state index is 13.0. The Kier molecular flexibility index (Phi) is 3.68. The number of rotatable bonds is 2. The van der Waals surface area contributed by atoms with E-state index in [0.717, 1.165) is 5.76 Å². The Morgan fingerprint density at radius 1 is 1.14 bits per heavy atom. The Morgan fingerprint density at radius 2 is 1.71 bits per heavy atom. The van der Waals surface area contributed by atoms with Crippen molar-refractivity contribution in [2.24, 2.45) is 0 Å². The van der Waals surface area contributed by atoms with E-state index in [4.69, 9.17) is 4.42 Å². The first-order valence-electron chi connectivity index (χ1n) is 7.37. The molecule has 2 heterocycles. The fourth-order valence-corrected chi connectivity index (χ4v) is 3.08. The zero-order valence-corrected chi connectivity index (χ0v) is 13.9. The summed E-state index contributed by atoms with van der Waals surface area (Å²) in [5, 5.41) is 0. The van der Waals surface area contributed by atoms with E-state index < -0.39 is 0 Å². The van der Waals surface area contributed by atoms with E-state index in [0.29, 0.717) is 0 Å². The number of furan rings is 1. The predicted octanol–water partition coefficient (Wildman–Crippen LogP) is 4.21. The third-order valence-corrected chi connectivity index (χ3v) is 3.83. The van der Waals surface area contributed by atoms with E-state index in [1.807, 2.05) is 69.6 Å². The molecule has 116 valence electrons. The van der Waals surface area contributed by atoms with Crippen LogP contribution in [0, 0.1) is 0 Å². The monoisotopic (exact) mass is 290 g/mol. The van der Waals surface area contributed by atoms with Crippen molar-refractivity contribution in [1.29, 1.82) is 0 Å². The summed E-state index contributed by atoms with van der Waals surface area (Å²) in [7, 11) is 0. The highest BCUT2D eigenvalue weighted by molar-refractivity contribution is 5.80. The molecule has 0 aromatic carbocycles. The van der Waals surface area contributed by atoms with Crippen molar-refractivity contribution < 1.29 is 9.21 Å². The quantitative estimate of drug-likeness (QED) is 0.765. The predicted molar refractivity (Wildman–Crippen MR) is 84.0 cm³/mol. The number of nitrogens with zero attached hydrogens (tertiary/aromatic N) is 2. The molecule has 0 radical (unpaired) electrons. The normalized spacial score (nSPS) is 23.8. The smallest absolute Gasteiger partial charge is 0.322 e. The van der Waals surface area contributed by atoms with Gasteiger partial charge in [0.15, 0.2) is 0 Å². The van der Waals surface area contributed by atoms with Crippen LogP contribution in [-0.4, -0.2) is 33.0 Å². The van der Waals surface area contributed by atoms with Gasteiger partial charge in [-0.1, -0.05) is 6.08 Å². The topological polar surface area (TPSA) is 36.7 Å². The number of hydrogen-bond acceptors (Lipinski definition) is 2. The zero-order valence-electron chi connectivity index (χ0n) is 13.9. The molecule has 1 aromatic rings. The van der Waals surface area contributed by atoms with Crippen LogP contribution in [0.4, 0.5) is 4.79 Å². The molecule has 0 bridgehead atoms. The van der Waals surface area contributed by atoms with Gasteiger partial charge in [0.25, 0.3) is 0 Å². The van der Waals surface area contributed by atoms with Gasteiger partial charge in [-0.25, -0.2) is 4.79 Å². The molecule has 2 amide bonds. The molecule has 1 aliphatic heterocycles. The van der Waals surface area contributed by atoms with E-state index in [1.54, 1.807) is 6.26 Å². The maximum Gasteiger partial charge on any atom is 0.322 e. The van der Waals surface area contributed by atoms with Gasteiger partial charge in [-0.3, -0.25) is 0 Å². The molecule has 0 unspecified atom stereocenters. The van der Waals surface area contributed by atoms with Gasteiger partial charge in [0.2, 0.25) is 0 Å². The second-order valence-corrected chi connectivity index (χ2v) is 7.55. The third kappa shape index (κ3) is 2.59. The van der Waals surface area contributed by atoms with Crippen LogP contribution in [-0.2, 0) is 0 Å². The van der Waals surface area contributed by atoms with Gasteiger partial charge in [0.1, 0.15) is 11.8 Å². The van der Waals surface area contributed by atoms with E-state index >= 15 is 0 Å². The van der Waals surface area contributed by atoms with E-state index in [-0.39, 0.29) is 29.2 Å². The van der Waals surface area contributed by atoms with Crippen LogP contribution < -0.4 is 0 Å². The number of hydrogen-bond donors (Lipinski definition) is 0. The van der Waals surface area contributed by atoms with Crippen molar-refractivity contribution in [2.75, 3.05) is 0 Å². The molecule has 1 aliphatic rings. The Labute approximate surface area is 127 Å². The summed E-state index contributed by atoms with van der Waals surface area (Å²) in [6.45, 7) is 16.2. The fourth-order valence-electron chi connectivity index (χ4n) is 3.08. The summed E-state index contributed by atoms with van der Waals surface area (Å²) in [5.74, 6) is 0.801. The fraction of sp³-hybridized carbons (Fsp3) is 0.588. The lowest BCUT2D eigenvalue weighted by Gasteiger charge is -2.36. The Hall–Kier alpha value is -1.71. The summed E-state index contributed by atoms with van der Waals surface area (Å²) in [6.07, 6.45) is 3.50. The molecule has 0 spiro atoms. The SMILES string of the molecule is C=C[C@@H]1[C@@H](c2ccco2)N(C(C)(C)C)C(=O)N1C(C)(C)C. The van der Waals surface area contributed by atoms with Gasteiger partial charge < -0.3 is 14.2 Å². The van der Waals surface area contributed by atoms with Crippen molar-refractivity contribution in [1.82, 2.24) is 9.80 Å². The lowest BCUT2D eigenvalue weighted by atomic mass is 9.97. The number of carbonyl (C=O) groups excluding carboxylic acids is 1. The molecule has 2 atom stereocenters. The van der Waals surface area contributed by atoms with Gasteiger partial charge in [0, 0.05) is 11.1 Å². The standard InChI is InChI=1S/C17H26N2O2/c1-8-12-14(13-10-9-11-21-13)19(17(5,6)7)15(20)18(12)16(2,3)4/h8-12,14H,1H2,2-7H3/t12-,14+/m1/s1. The first kappa shape index (κ1) is 15.7. The molecule has 4 nitrogen and oxygen atoms in total. The second kappa shape index (κ2) is 4.93. The van der Waals surface area contributed by atoms with Crippen LogP contribution in [0.3, 0.4) is 0 Å². The molecule has 1 saturated heterocycles. The second-order valence-electron chi connectivity index (χ2n) is 7.55. The lowest BCUT2D eigenvalue weighted by Crippen LogP contribution is -2.50. The van der Waals surface area contributed by atoms with Crippen LogP contribution in [0.2, 0.25) is 0 Å². The summed E-state index contributed by atoms with van der Waals surface area (Å²) in [4.78, 5) is 16.8. The van der Waals surface area contributed by atoms with Crippen LogP contribution in [0.1, 0.15) is 53.3 Å². The minimum Gasteiger partial charge on any atom is -0.467 e. The molecule has 0 aliphatic carbocycles. The van der Waals surface area contributed by atoms with E-state index in [9.17, 15) is 4.79 Å². The number of urea groups is 1. The third-order valence-electron chi connectivity index (χ3n) is 3.83. The summed E-state index contributed by atoms with van der Waals surface area (Å²) in [6, 6.07) is 3.56. The van der Waals surface area contributed by atoms with Crippen molar-refractivity contribution in [3.05, 3.63) is 36.8 Å². The average molecular weight is 290 g/mol. The van der Waals surface area contributed by atoms with Crippen LogP contribution in [0.5, 0.6) is 0 Å². The minimum absolute atomic E-state index is 0.0290. The molecule has 0 N–H and O–H groups in total. The van der Waals surface area contributed by atoms with E-state index in [1.165, 1.54) is 0 Å². The first-order valence-corrected chi connectivity index (χ1v) is 7.37. The maximum atomic E-state index is 13.0. The highest BCUT2D eigenvalue weighted by Crippen LogP contribution is 2.43. The van der Waals surface area contributed by atoms with Crippen molar-refractivity contribution in [3.63, 3.8) is 0 Å². The summed E-state index contributed by atoms with van der Waals surface area (Å²) in [5.41, 5.74) is -0.573. The Morgan fingerprint density at radius 3 is 2.10 bits per heavy atom. The average Bonchev–Trinajstić information content (AvgIpc) is 2.90. The first-order chi connectivity index (χ1) is 9.59. The van der Waals surface area contributed by atoms with Gasteiger partial charge in [-0.15, -0.1) is 6.58 Å². The molecule has 4 heteroatoms. The minimum atomic E-state index is -0.296. The molecular formula is C17H26N2O2. The van der Waals surface area contributed by atoms with Crippen LogP contribution in [0.15, 0.2) is 35.5 Å². The molecule has 1 fully saturated rings. The molecule has 0 saturated carbocycles. The van der Waals surface area contributed by atoms with Gasteiger partial charge in [0.05, 0.1) is 12.3 Å². The number of carbonyl (C=O) groups is 1. The number of amides is 2. The zero-order chi connectivity index (χ0) is 16.0. The van der Waals surface area contributed by atoms with Crippen LogP contribution >= 0.6 is 0 Å². The van der Waals surface area contributed by atoms with Gasteiger partial charge >= 0.3 is 6.03 Å². The molecular weight excluding hydrogens is 264 g/mol. The molecule has 2 rings (SSSR count). The van der Waals surface area contributed by atoms with Crippen LogP contribution in [0.25, 0.3) is 0 Å². The van der Waals surface area contributed by atoms with Crippen molar-refractivity contribution >= 4 is 6.03 Å². The highest BCUT2D eigenvalue weighted by Gasteiger charge is 2.53. The summed E-state index contributed by atoms with van der Waals surface area (Å²) >= 11 is 0. The molecule has 1 aromatic heterocycles. The molecule has 21 heavy (non-hydrogen) atoms. The Bertz CT molecular complexity index is 520. The van der Waals surface area contributed by atoms with Crippen molar-refractivity contribution in [2.45, 2.75) is 64.7 Å². The largest absolute Gasteiger partial charge is 0.467 e. The summed E-state index contributed by atoms with van der Waals surface area (Å²) < 4.78 is 5.62. The Balaban J connectivity index is 2.58.